The standard InChI is InChI=1S/C17H15BrO2S/c1-21-15-4-2-11(3-5-15)16(19)10-13-9-14(18)8-12-6-7-20-17(12)13/h2-5,8-9H,6-7,10H2,1H3. The van der Waals surface area contributed by atoms with E-state index in [9.17, 15) is 4.79 Å². The quantitative estimate of drug-likeness (QED) is 0.590. The lowest BCUT2D eigenvalue weighted by atomic mass is 10.00. The second kappa shape index (κ2) is 6.24. The minimum Gasteiger partial charge on any atom is -0.493 e. The summed E-state index contributed by atoms with van der Waals surface area (Å²) in [4.78, 5) is 13.6. The molecule has 1 heterocycles. The average Bonchev–Trinajstić information content (AvgIpc) is 2.95. The zero-order valence-corrected chi connectivity index (χ0v) is 14.1. The Morgan fingerprint density at radius 3 is 2.76 bits per heavy atom. The van der Waals surface area contributed by atoms with Gasteiger partial charge in [-0.25, -0.2) is 0 Å². The van der Waals surface area contributed by atoms with Gasteiger partial charge in [0.25, 0.3) is 0 Å². The van der Waals surface area contributed by atoms with E-state index in [1.54, 1.807) is 11.8 Å². The lowest BCUT2D eigenvalue weighted by Crippen LogP contribution is -2.05. The molecule has 2 aromatic rings. The highest BCUT2D eigenvalue weighted by Gasteiger charge is 2.19. The summed E-state index contributed by atoms with van der Waals surface area (Å²) in [6.07, 6.45) is 3.32. The van der Waals surface area contributed by atoms with Gasteiger partial charge in [-0.15, -0.1) is 11.8 Å². The number of rotatable bonds is 4. The molecule has 3 rings (SSSR count). The molecule has 1 aliphatic heterocycles. The highest BCUT2D eigenvalue weighted by atomic mass is 79.9. The van der Waals surface area contributed by atoms with Crippen molar-refractivity contribution in [2.24, 2.45) is 0 Å². The molecule has 0 fully saturated rings. The first-order valence-electron chi connectivity index (χ1n) is 6.79. The van der Waals surface area contributed by atoms with Crippen LogP contribution < -0.4 is 4.74 Å². The van der Waals surface area contributed by atoms with Crippen LogP contribution in [0.2, 0.25) is 0 Å². The lowest BCUT2D eigenvalue weighted by Gasteiger charge is -2.09. The van der Waals surface area contributed by atoms with E-state index in [1.807, 2.05) is 36.6 Å². The number of ether oxygens (including phenoxy) is 1. The van der Waals surface area contributed by atoms with Gasteiger partial charge in [0.1, 0.15) is 5.75 Å². The van der Waals surface area contributed by atoms with Crippen LogP contribution in [-0.4, -0.2) is 18.6 Å². The number of carbonyl (C=O) groups excluding carboxylic acids is 1. The largest absolute Gasteiger partial charge is 0.493 e. The third-order valence-electron chi connectivity index (χ3n) is 3.59. The molecule has 0 atom stereocenters. The molecule has 0 amide bonds. The fraction of sp³-hybridized carbons (Fsp3) is 0.235. The van der Waals surface area contributed by atoms with Gasteiger partial charge in [0.15, 0.2) is 5.78 Å². The van der Waals surface area contributed by atoms with Crippen LogP contribution in [0.15, 0.2) is 45.8 Å². The van der Waals surface area contributed by atoms with E-state index in [0.717, 1.165) is 27.8 Å². The predicted molar refractivity (Wildman–Crippen MR) is 89.6 cm³/mol. The Bertz CT molecular complexity index is 680. The zero-order chi connectivity index (χ0) is 14.8. The fourth-order valence-electron chi connectivity index (χ4n) is 2.53. The molecule has 0 aromatic heterocycles. The molecule has 4 heteroatoms. The second-order valence-electron chi connectivity index (χ2n) is 4.98. The van der Waals surface area contributed by atoms with Crippen molar-refractivity contribution in [2.75, 3.05) is 12.9 Å². The van der Waals surface area contributed by atoms with Gasteiger partial charge in [0, 0.05) is 33.3 Å². The predicted octanol–water partition coefficient (Wildman–Crippen LogP) is 4.53. The van der Waals surface area contributed by atoms with Crippen molar-refractivity contribution < 1.29 is 9.53 Å². The molecule has 0 unspecified atom stereocenters. The summed E-state index contributed by atoms with van der Waals surface area (Å²) < 4.78 is 6.69. The number of ketones is 1. The zero-order valence-electron chi connectivity index (χ0n) is 11.7. The highest BCUT2D eigenvalue weighted by molar-refractivity contribution is 9.10. The normalized spacial score (nSPS) is 12.9. The average molecular weight is 363 g/mol. The van der Waals surface area contributed by atoms with E-state index in [1.165, 1.54) is 10.5 Å². The van der Waals surface area contributed by atoms with Gasteiger partial charge in [-0.1, -0.05) is 28.1 Å². The molecule has 0 spiro atoms. The Labute approximate surface area is 137 Å². The number of benzene rings is 2. The molecule has 2 nitrogen and oxygen atoms in total. The molecule has 1 aliphatic rings. The summed E-state index contributed by atoms with van der Waals surface area (Å²) in [5.74, 6) is 1.02. The van der Waals surface area contributed by atoms with Crippen molar-refractivity contribution in [3.05, 3.63) is 57.6 Å². The van der Waals surface area contributed by atoms with Crippen LogP contribution >= 0.6 is 27.7 Å². The molecule has 2 aromatic carbocycles. The molecule has 0 aliphatic carbocycles. The number of fused-ring (bicyclic) bond motifs is 1. The van der Waals surface area contributed by atoms with Gasteiger partial charge in [-0.05, 0) is 36.1 Å². The number of hydrogen-bond donors (Lipinski definition) is 0. The van der Waals surface area contributed by atoms with Gasteiger partial charge in [0.05, 0.1) is 6.61 Å². The Hall–Kier alpha value is -1.26. The maximum Gasteiger partial charge on any atom is 0.167 e. The first-order chi connectivity index (χ1) is 10.2. The van der Waals surface area contributed by atoms with Gasteiger partial charge >= 0.3 is 0 Å². The number of carbonyl (C=O) groups is 1. The van der Waals surface area contributed by atoms with Crippen LogP contribution in [0.3, 0.4) is 0 Å². The SMILES string of the molecule is CSc1ccc(C(=O)Cc2cc(Br)cc3c2OCC3)cc1. The summed E-state index contributed by atoms with van der Waals surface area (Å²) in [5.41, 5.74) is 2.90. The van der Waals surface area contributed by atoms with Crippen LogP contribution in [-0.2, 0) is 12.8 Å². The third-order valence-corrected chi connectivity index (χ3v) is 4.79. The van der Waals surface area contributed by atoms with Crippen LogP contribution in [0.4, 0.5) is 0 Å². The summed E-state index contributed by atoms with van der Waals surface area (Å²) in [6, 6.07) is 11.8. The Morgan fingerprint density at radius 2 is 2.05 bits per heavy atom. The number of Topliss-reactive ketones (excluding diaryl/α,β-unsaturated/α-hetero) is 1. The maximum atomic E-state index is 12.4. The first-order valence-corrected chi connectivity index (χ1v) is 8.80. The van der Waals surface area contributed by atoms with Crippen molar-refractivity contribution in [1.82, 2.24) is 0 Å². The van der Waals surface area contributed by atoms with E-state index in [2.05, 4.69) is 22.0 Å². The smallest absolute Gasteiger partial charge is 0.167 e. The first kappa shape index (κ1) is 14.7. The van der Waals surface area contributed by atoms with Crippen LogP contribution in [0, 0.1) is 0 Å². The van der Waals surface area contributed by atoms with Crippen molar-refractivity contribution in [1.29, 1.82) is 0 Å². The number of thioether (sulfide) groups is 1. The molecular formula is C17H15BrO2S. The highest BCUT2D eigenvalue weighted by Crippen LogP contribution is 2.33. The lowest BCUT2D eigenvalue weighted by molar-refractivity contribution is 0.0992. The molecule has 0 saturated carbocycles. The molecule has 0 saturated heterocycles. The van der Waals surface area contributed by atoms with Crippen LogP contribution in [0.5, 0.6) is 5.75 Å². The van der Waals surface area contributed by atoms with Crippen molar-refractivity contribution in [2.45, 2.75) is 17.7 Å². The van der Waals surface area contributed by atoms with E-state index < -0.39 is 0 Å². The summed E-state index contributed by atoms with van der Waals surface area (Å²) in [6.45, 7) is 0.704. The number of halogens is 1. The van der Waals surface area contributed by atoms with Crippen molar-refractivity contribution in [3.63, 3.8) is 0 Å². The van der Waals surface area contributed by atoms with Gasteiger partial charge in [-0.3, -0.25) is 4.79 Å². The topological polar surface area (TPSA) is 26.3 Å². The minimum absolute atomic E-state index is 0.124. The maximum absolute atomic E-state index is 12.4. The molecule has 0 bridgehead atoms. The summed E-state index contributed by atoms with van der Waals surface area (Å²) in [7, 11) is 0. The Balaban J connectivity index is 1.84. The van der Waals surface area contributed by atoms with Crippen molar-refractivity contribution >= 4 is 33.5 Å². The van der Waals surface area contributed by atoms with Gasteiger partial charge < -0.3 is 4.74 Å². The van der Waals surface area contributed by atoms with E-state index in [-0.39, 0.29) is 5.78 Å². The second-order valence-corrected chi connectivity index (χ2v) is 6.78. The molecule has 0 radical (unpaired) electrons. The van der Waals surface area contributed by atoms with Crippen LogP contribution in [0.1, 0.15) is 21.5 Å². The minimum atomic E-state index is 0.124. The molecule has 108 valence electrons. The third kappa shape index (κ3) is 3.16. The Morgan fingerprint density at radius 1 is 1.29 bits per heavy atom. The molecule has 0 N–H and O–H groups in total. The monoisotopic (exact) mass is 362 g/mol. The summed E-state index contributed by atoms with van der Waals surface area (Å²) in [5, 5.41) is 0. The van der Waals surface area contributed by atoms with E-state index in [0.29, 0.717) is 13.0 Å². The Kier molecular flexibility index (Phi) is 4.36. The fourth-order valence-corrected chi connectivity index (χ4v) is 3.49. The van der Waals surface area contributed by atoms with Crippen molar-refractivity contribution in [3.8, 4) is 5.75 Å². The van der Waals surface area contributed by atoms with E-state index >= 15 is 0 Å². The van der Waals surface area contributed by atoms with Gasteiger partial charge in [0.2, 0.25) is 0 Å². The molecular weight excluding hydrogens is 348 g/mol. The number of hydrogen-bond acceptors (Lipinski definition) is 3. The molecule has 21 heavy (non-hydrogen) atoms. The van der Waals surface area contributed by atoms with Crippen LogP contribution in [0.25, 0.3) is 0 Å². The summed E-state index contributed by atoms with van der Waals surface area (Å²) >= 11 is 5.19. The van der Waals surface area contributed by atoms with E-state index in [4.69, 9.17) is 4.74 Å². The van der Waals surface area contributed by atoms with Gasteiger partial charge in [-0.2, -0.15) is 0 Å².